The number of furan rings is 1. The lowest BCUT2D eigenvalue weighted by Crippen LogP contribution is -2.20. The van der Waals surface area contributed by atoms with Crippen molar-refractivity contribution in [2.24, 2.45) is 0 Å². The number of hydrogen-bond acceptors (Lipinski definition) is 6. The maximum atomic E-state index is 12.2. The lowest BCUT2D eigenvalue weighted by atomic mass is 10.1. The Morgan fingerprint density at radius 3 is 2.71 bits per heavy atom. The van der Waals surface area contributed by atoms with E-state index in [0.717, 1.165) is 0 Å². The molecule has 0 atom stereocenters. The van der Waals surface area contributed by atoms with Crippen LogP contribution in [0, 0.1) is 10.1 Å². The Kier molecular flexibility index (Phi) is 5.93. The number of hydrogen-bond donors (Lipinski definition) is 2. The first-order valence-corrected chi connectivity index (χ1v) is 8.51. The summed E-state index contributed by atoms with van der Waals surface area (Å²) in [6, 6.07) is 14.0. The van der Waals surface area contributed by atoms with Crippen molar-refractivity contribution in [3.8, 4) is 17.1 Å². The molecule has 0 aliphatic carbocycles. The van der Waals surface area contributed by atoms with Crippen molar-refractivity contribution in [2.45, 2.75) is 6.61 Å². The third kappa shape index (κ3) is 4.48. The fraction of sp³-hybridized carbons (Fsp3) is 0.105. The van der Waals surface area contributed by atoms with Crippen LogP contribution in [0.2, 0.25) is 5.02 Å². The molecule has 0 saturated carbocycles. The van der Waals surface area contributed by atoms with Crippen LogP contribution in [0.25, 0.3) is 11.3 Å². The molecular formula is C19H15ClN2O6. The average Bonchev–Trinajstić information content (AvgIpc) is 3.17. The largest absolute Gasteiger partial charge is 0.477 e. The van der Waals surface area contributed by atoms with Gasteiger partial charge in [-0.2, -0.15) is 0 Å². The summed E-state index contributed by atoms with van der Waals surface area (Å²) in [5.74, 6) is 0.378. The molecule has 0 unspecified atom stereocenters. The zero-order valence-electron chi connectivity index (χ0n) is 14.4. The minimum atomic E-state index is -0.586. The van der Waals surface area contributed by atoms with Crippen molar-refractivity contribution < 1.29 is 24.0 Å². The molecule has 1 aromatic heterocycles. The molecule has 0 bridgehead atoms. The van der Waals surface area contributed by atoms with E-state index in [0.29, 0.717) is 27.8 Å². The zero-order valence-corrected chi connectivity index (χ0v) is 15.2. The van der Waals surface area contributed by atoms with Crippen molar-refractivity contribution in [3.05, 3.63) is 75.5 Å². The van der Waals surface area contributed by atoms with E-state index in [1.54, 1.807) is 36.4 Å². The second-order valence-corrected chi connectivity index (χ2v) is 6.09. The van der Waals surface area contributed by atoms with Crippen molar-refractivity contribution in [1.29, 1.82) is 0 Å². The predicted molar refractivity (Wildman–Crippen MR) is 102 cm³/mol. The number of anilines is 1. The van der Waals surface area contributed by atoms with Crippen LogP contribution in [0.5, 0.6) is 5.75 Å². The molecule has 8 nitrogen and oxygen atoms in total. The zero-order chi connectivity index (χ0) is 20.1. The minimum absolute atomic E-state index is 0.00499. The SMILES string of the molecule is O=C(COc1ccccc1[N+](=O)[O-])Nc1cc(-c2ccc(CO)o2)ccc1Cl. The molecule has 1 amide bonds. The van der Waals surface area contributed by atoms with Gasteiger partial charge in [0, 0.05) is 11.6 Å². The lowest BCUT2D eigenvalue weighted by Gasteiger charge is -2.10. The fourth-order valence-electron chi connectivity index (χ4n) is 2.45. The number of nitrogens with one attached hydrogen (secondary N) is 1. The summed E-state index contributed by atoms with van der Waals surface area (Å²) >= 11 is 6.13. The van der Waals surface area contributed by atoms with Gasteiger partial charge in [-0.25, -0.2) is 0 Å². The number of aliphatic hydroxyl groups excluding tert-OH is 1. The van der Waals surface area contributed by atoms with Gasteiger partial charge in [0.15, 0.2) is 12.4 Å². The van der Waals surface area contributed by atoms with Crippen LogP contribution >= 0.6 is 11.6 Å². The second kappa shape index (κ2) is 8.55. The molecule has 9 heteroatoms. The van der Waals surface area contributed by atoms with Gasteiger partial charge in [0.1, 0.15) is 18.1 Å². The summed E-state index contributed by atoms with van der Waals surface area (Å²) in [6.07, 6.45) is 0. The minimum Gasteiger partial charge on any atom is -0.477 e. The van der Waals surface area contributed by atoms with Crippen LogP contribution in [-0.4, -0.2) is 22.5 Å². The van der Waals surface area contributed by atoms with E-state index in [4.69, 9.17) is 25.9 Å². The number of para-hydroxylation sites is 2. The Morgan fingerprint density at radius 2 is 2.00 bits per heavy atom. The van der Waals surface area contributed by atoms with Crippen molar-refractivity contribution in [3.63, 3.8) is 0 Å². The molecule has 0 radical (unpaired) electrons. The first kappa shape index (κ1) is 19.4. The fourth-order valence-corrected chi connectivity index (χ4v) is 2.62. The predicted octanol–water partition coefficient (Wildman–Crippen LogP) is 4.02. The summed E-state index contributed by atoms with van der Waals surface area (Å²) in [4.78, 5) is 22.6. The van der Waals surface area contributed by atoms with Gasteiger partial charge in [-0.15, -0.1) is 0 Å². The monoisotopic (exact) mass is 402 g/mol. The molecule has 0 aliphatic rings. The number of nitrogens with zero attached hydrogens (tertiary/aromatic N) is 1. The van der Waals surface area contributed by atoms with Crippen LogP contribution in [0.3, 0.4) is 0 Å². The van der Waals surface area contributed by atoms with Crippen molar-refractivity contribution in [1.82, 2.24) is 0 Å². The number of benzene rings is 2. The highest BCUT2D eigenvalue weighted by molar-refractivity contribution is 6.33. The van der Waals surface area contributed by atoms with Gasteiger partial charge in [0.05, 0.1) is 15.6 Å². The number of carbonyl (C=O) groups excluding carboxylic acids is 1. The Hall–Kier alpha value is -3.36. The van der Waals surface area contributed by atoms with Gasteiger partial charge in [-0.05, 0) is 36.4 Å². The molecule has 0 aliphatic heterocycles. The van der Waals surface area contributed by atoms with E-state index in [1.807, 2.05) is 0 Å². The van der Waals surface area contributed by atoms with Crippen LogP contribution < -0.4 is 10.1 Å². The van der Waals surface area contributed by atoms with E-state index in [1.165, 1.54) is 18.2 Å². The maximum absolute atomic E-state index is 12.2. The summed E-state index contributed by atoms with van der Waals surface area (Å²) in [7, 11) is 0. The van der Waals surface area contributed by atoms with E-state index in [-0.39, 0.29) is 18.0 Å². The normalized spacial score (nSPS) is 10.5. The number of rotatable bonds is 7. The number of carbonyl (C=O) groups is 1. The summed E-state index contributed by atoms with van der Waals surface area (Å²) in [5.41, 5.74) is 0.754. The molecule has 2 aromatic carbocycles. The lowest BCUT2D eigenvalue weighted by molar-refractivity contribution is -0.385. The van der Waals surface area contributed by atoms with E-state index in [2.05, 4.69) is 5.32 Å². The smallest absolute Gasteiger partial charge is 0.310 e. The summed E-state index contributed by atoms with van der Waals surface area (Å²) in [6.45, 7) is -0.652. The van der Waals surface area contributed by atoms with E-state index in [9.17, 15) is 14.9 Å². The molecule has 0 saturated heterocycles. The molecule has 3 rings (SSSR count). The van der Waals surface area contributed by atoms with Crippen LogP contribution in [0.15, 0.2) is 59.0 Å². The number of nitro groups is 1. The maximum Gasteiger partial charge on any atom is 0.310 e. The number of halogens is 1. The second-order valence-electron chi connectivity index (χ2n) is 5.68. The standard InChI is InChI=1S/C19H15ClN2O6/c20-14-7-5-12(17-8-6-13(10-23)28-17)9-15(14)21-19(24)11-27-18-4-2-1-3-16(18)22(25)26/h1-9,23H,10-11H2,(H,21,24). The van der Waals surface area contributed by atoms with E-state index >= 15 is 0 Å². The highest BCUT2D eigenvalue weighted by Gasteiger charge is 2.16. The Morgan fingerprint density at radius 1 is 1.21 bits per heavy atom. The van der Waals surface area contributed by atoms with E-state index < -0.39 is 17.4 Å². The first-order valence-electron chi connectivity index (χ1n) is 8.13. The number of ether oxygens (including phenoxy) is 1. The highest BCUT2D eigenvalue weighted by atomic mass is 35.5. The number of aliphatic hydroxyl groups is 1. The quantitative estimate of drug-likeness (QED) is 0.455. The van der Waals surface area contributed by atoms with Crippen LogP contribution in [0.1, 0.15) is 5.76 Å². The van der Waals surface area contributed by atoms with Crippen molar-refractivity contribution in [2.75, 3.05) is 11.9 Å². The molecule has 0 fully saturated rings. The van der Waals surface area contributed by atoms with Gasteiger partial charge in [0.2, 0.25) is 0 Å². The van der Waals surface area contributed by atoms with Crippen LogP contribution in [-0.2, 0) is 11.4 Å². The molecule has 144 valence electrons. The molecule has 28 heavy (non-hydrogen) atoms. The van der Waals surface area contributed by atoms with Gasteiger partial charge in [0.25, 0.3) is 5.91 Å². The average molecular weight is 403 g/mol. The third-order valence-electron chi connectivity index (χ3n) is 3.76. The van der Waals surface area contributed by atoms with Gasteiger partial charge in [-0.1, -0.05) is 23.7 Å². The molecule has 3 aromatic rings. The molecule has 0 spiro atoms. The summed E-state index contributed by atoms with van der Waals surface area (Å²) < 4.78 is 10.7. The Labute approximate surface area is 164 Å². The van der Waals surface area contributed by atoms with Gasteiger partial charge >= 0.3 is 5.69 Å². The number of amides is 1. The Balaban J connectivity index is 1.70. The molecule has 2 N–H and O–H groups in total. The Bertz CT molecular complexity index is 1020. The van der Waals surface area contributed by atoms with Gasteiger partial charge in [-0.3, -0.25) is 14.9 Å². The van der Waals surface area contributed by atoms with Crippen molar-refractivity contribution >= 4 is 28.9 Å². The summed E-state index contributed by atoms with van der Waals surface area (Å²) in [5, 5.41) is 23.0. The first-order chi connectivity index (χ1) is 13.5. The van der Waals surface area contributed by atoms with Crippen LogP contribution in [0.4, 0.5) is 11.4 Å². The topological polar surface area (TPSA) is 115 Å². The third-order valence-corrected chi connectivity index (χ3v) is 4.09. The molecular weight excluding hydrogens is 388 g/mol. The van der Waals surface area contributed by atoms with Gasteiger partial charge < -0.3 is 19.6 Å². The highest BCUT2D eigenvalue weighted by Crippen LogP contribution is 2.30. The number of nitro benzene ring substituents is 1. The molecule has 1 heterocycles.